The van der Waals surface area contributed by atoms with Gasteiger partial charge in [-0.15, -0.1) is 0 Å². The predicted molar refractivity (Wildman–Crippen MR) is 79.8 cm³/mol. The molecule has 1 aromatic rings. The van der Waals surface area contributed by atoms with Gasteiger partial charge in [-0.3, -0.25) is 14.9 Å². The molecule has 5 nitrogen and oxygen atoms in total. The van der Waals surface area contributed by atoms with Crippen molar-refractivity contribution in [1.29, 1.82) is 0 Å². The Bertz CT molecular complexity index is 643. The normalized spacial score (nSPS) is 17.3. The van der Waals surface area contributed by atoms with Crippen molar-refractivity contribution in [1.82, 2.24) is 4.90 Å². The van der Waals surface area contributed by atoms with Crippen molar-refractivity contribution >= 4 is 17.2 Å². The van der Waals surface area contributed by atoms with Crippen LogP contribution in [-0.4, -0.2) is 28.8 Å². The van der Waals surface area contributed by atoms with Crippen LogP contribution in [0.5, 0.6) is 0 Å². The van der Waals surface area contributed by atoms with E-state index in [1.165, 1.54) is 6.07 Å². The topological polar surface area (TPSA) is 63.5 Å². The van der Waals surface area contributed by atoms with Crippen molar-refractivity contribution in [2.24, 2.45) is 0 Å². The molecule has 0 bridgehead atoms. The van der Waals surface area contributed by atoms with E-state index in [2.05, 4.69) is 0 Å². The van der Waals surface area contributed by atoms with E-state index in [0.717, 1.165) is 54.6 Å². The van der Waals surface area contributed by atoms with Gasteiger partial charge >= 0.3 is 0 Å². The molecule has 1 aliphatic heterocycles. The largest absolute Gasteiger partial charge is 0.342 e. The lowest BCUT2D eigenvalue weighted by molar-refractivity contribution is -0.384. The first-order valence-corrected chi connectivity index (χ1v) is 7.30. The number of fused-ring (bicyclic) bond motifs is 1. The van der Waals surface area contributed by atoms with E-state index < -0.39 is 0 Å². The SMILES string of the molecule is CC1=C(CC(=O)N2CCCC2)c2cc([N+](=O)[O-])ccc2C1. The molecule has 21 heavy (non-hydrogen) atoms. The zero-order valence-electron chi connectivity index (χ0n) is 12.1. The minimum Gasteiger partial charge on any atom is -0.342 e. The summed E-state index contributed by atoms with van der Waals surface area (Å²) in [4.78, 5) is 24.8. The number of hydrogen-bond acceptors (Lipinski definition) is 3. The van der Waals surface area contributed by atoms with Gasteiger partial charge in [0.2, 0.25) is 5.91 Å². The number of nitro benzene ring substituents is 1. The van der Waals surface area contributed by atoms with Gasteiger partial charge in [-0.1, -0.05) is 11.6 Å². The number of benzene rings is 1. The maximum atomic E-state index is 12.3. The molecule has 2 aliphatic rings. The van der Waals surface area contributed by atoms with Crippen molar-refractivity contribution in [3.05, 3.63) is 45.0 Å². The average Bonchev–Trinajstić information content (AvgIpc) is 3.07. The predicted octanol–water partition coefficient (Wildman–Crippen LogP) is 2.94. The van der Waals surface area contributed by atoms with Crippen LogP contribution in [0.15, 0.2) is 23.8 Å². The molecule has 0 unspecified atom stereocenters. The number of nitrogens with zero attached hydrogens (tertiary/aromatic N) is 2. The second-order valence-corrected chi connectivity index (χ2v) is 5.80. The van der Waals surface area contributed by atoms with Crippen molar-refractivity contribution in [3.63, 3.8) is 0 Å². The van der Waals surface area contributed by atoms with E-state index in [0.29, 0.717) is 6.42 Å². The molecule has 3 rings (SSSR count). The first-order chi connectivity index (χ1) is 10.1. The second-order valence-electron chi connectivity index (χ2n) is 5.80. The minimum atomic E-state index is -0.381. The van der Waals surface area contributed by atoms with Crippen LogP contribution in [0.2, 0.25) is 0 Å². The highest BCUT2D eigenvalue weighted by Gasteiger charge is 2.26. The Balaban J connectivity index is 1.86. The van der Waals surface area contributed by atoms with Crippen LogP contribution in [0.4, 0.5) is 5.69 Å². The number of hydrogen-bond donors (Lipinski definition) is 0. The van der Waals surface area contributed by atoms with Gasteiger partial charge in [-0.25, -0.2) is 0 Å². The summed E-state index contributed by atoms with van der Waals surface area (Å²) in [6.45, 7) is 3.69. The highest BCUT2D eigenvalue weighted by atomic mass is 16.6. The Morgan fingerprint density at radius 3 is 2.71 bits per heavy atom. The van der Waals surface area contributed by atoms with Crippen LogP contribution in [0.3, 0.4) is 0 Å². The summed E-state index contributed by atoms with van der Waals surface area (Å²) >= 11 is 0. The van der Waals surface area contributed by atoms with Crippen LogP contribution in [0, 0.1) is 10.1 Å². The molecule has 1 fully saturated rings. The van der Waals surface area contributed by atoms with Crippen LogP contribution in [0.25, 0.3) is 5.57 Å². The van der Waals surface area contributed by atoms with Crippen LogP contribution >= 0.6 is 0 Å². The fraction of sp³-hybridized carbons (Fsp3) is 0.438. The monoisotopic (exact) mass is 286 g/mol. The lowest BCUT2D eigenvalue weighted by atomic mass is 10.0. The van der Waals surface area contributed by atoms with Crippen LogP contribution in [-0.2, 0) is 11.2 Å². The van der Waals surface area contributed by atoms with Gasteiger partial charge in [-0.2, -0.15) is 0 Å². The lowest BCUT2D eigenvalue weighted by Gasteiger charge is -2.16. The number of carbonyl (C=O) groups excluding carboxylic acids is 1. The Kier molecular flexibility index (Phi) is 3.49. The first-order valence-electron chi connectivity index (χ1n) is 7.30. The average molecular weight is 286 g/mol. The molecule has 1 aliphatic carbocycles. The van der Waals surface area contributed by atoms with Gasteiger partial charge in [0.1, 0.15) is 0 Å². The van der Waals surface area contributed by atoms with Gasteiger partial charge in [0.05, 0.1) is 11.3 Å². The molecule has 110 valence electrons. The number of likely N-dealkylation sites (tertiary alicyclic amines) is 1. The highest BCUT2D eigenvalue weighted by molar-refractivity contribution is 5.92. The Hall–Kier alpha value is -2.17. The van der Waals surface area contributed by atoms with E-state index in [1.54, 1.807) is 6.07 Å². The molecule has 0 saturated carbocycles. The van der Waals surface area contributed by atoms with Gasteiger partial charge in [0, 0.05) is 25.2 Å². The third-order valence-corrected chi connectivity index (χ3v) is 4.39. The van der Waals surface area contributed by atoms with E-state index in [4.69, 9.17) is 0 Å². The van der Waals surface area contributed by atoms with Gasteiger partial charge in [-0.05, 0) is 42.9 Å². The molecule has 0 N–H and O–H groups in total. The fourth-order valence-corrected chi connectivity index (χ4v) is 3.21. The molecule has 1 saturated heterocycles. The van der Waals surface area contributed by atoms with Crippen molar-refractivity contribution in [2.75, 3.05) is 13.1 Å². The maximum absolute atomic E-state index is 12.3. The summed E-state index contributed by atoms with van der Waals surface area (Å²) in [6, 6.07) is 4.96. The summed E-state index contributed by atoms with van der Waals surface area (Å²) in [7, 11) is 0. The van der Waals surface area contributed by atoms with Crippen LogP contribution < -0.4 is 0 Å². The molecule has 0 spiro atoms. The lowest BCUT2D eigenvalue weighted by Crippen LogP contribution is -2.27. The molecule has 0 atom stereocenters. The summed E-state index contributed by atoms with van der Waals surface area (Å²) < 4.78 is 0. The van der Waals surface area contributed by atoms with E-state index in [9.17, 15) is 14.9 Å². The maximum Gasteiger partial charge on any atom is 0.270 e. The van der Waals surface area contributed by atoms with Crippen molar-refractivity contribution in [3.8, 4) is 0 Å². The molecular weight excluding hydrogens is 268 g/mol. The number of nitro groups is 1. The third-order valence-electron chi connectivity index (χ3n) is 4.39. The van der Waals surface area contributed by atoms with Crippen molar-refractivity contribution < 1.29 is 9.72 Å². The number of carbonyl (C=O) groups is 1. The molecular formula is C16H18N2O3. The van der Waals surface area contributed by atoms with Gasteiger partial charge in [0.25, 0.3) is 5.69 Å². The number of amides is 1. The van der Waals surface area contributed by atoms with Gasteiger partial charge in [0.15, 0.2) is 0 Å². The number of rotatable bonds is 3. The quantitative estimate of drug-likeness (QED) is 0.634. The number of allylic oxidation sites excluding steroid dienone is 1. The molecule has 1 heterocycles. The number of non-ortho nitro benzene ring substituents is 1. The molecule has 1 amide bonds. The van der Waals surface area contributed by atoms with Gasteiger partial charge < -0.3 is 4.90 Å². The molecule has 5 heteroatoms. The third kappa shape index (κ3) is 2.55. The zero-order chi connectivity index (χ0) is 15.0. The smallest absolute Gasteiger partial charge is 0.270 e. The summed E-state index contributed by atoms with van der Waals surface area (Å²) in [5.41, 5.74) is 4.19. The Labute approximate surface area is 123 Å². The molecule has 0 aromatic heterocycles. The molecule has 1 aromatic carbocycles. The summed E-state index contributed by atoms with van der Waals surface area (Å²) in [5.74, 6) is 0.140. The van der Waals surface area contributed by atoms with E-state index in [-0.39, 0.29) is 16.5 Å². The second kappa shape index (κ2) is 5.31. The fourth-order valence-electron chi connectivity index (χ4n) is 3.21. The Morgan fingerprint density at radius 1 is 1.33 bits per heavy atom. The summed E-state index contributed by atoms with van der Waals surface area (Å²) in [6.07, 6.45) is 3.30. The molecule has 0 radical (unpaired) electrons. The highest BCUT2D eigenvalue weighted by Crippen LogP contribution is 2.37. The Morgan fingerprint density at radius 2 is 2.05 bits per heavy atom. The zero-order valence-corrected chi connectivity index (χ0v) is 12.1. The van der Waals surface area contributed by atoms with E-state index >= 15 is 0 Å². The first kappa shape index (κ1) is 13.8. The summed E-state index contributed by atoms with van der Waals surface area (Å²) in [5, 5.41) is 10.9. The minimum absolute atomic E-state index is 0.0922. The standard InChI is InChI=1S/C16H18N2O3/c1-11-8-12-4-5-13(18(20)21)9-15(12)14(11)10-16(19)17-6-2-3-7-17/h4-5,9H,2-3,6-8,10H2,1H3. The van der Waals surface area contributed by atoms with Crippen molar-refractivity contribution in [2.45, 2.75) is 32.6 Å². The van der Waals surface area contributed by atoms with Crippen LogP contribution in [0.1, 0.15) is 37.3 Å². The van der Waals surface area contributed by atoms with E-state index in [1.807, 2.05) is 17.9 Å².